The number of likely N-dealkylation sites (tertiary alicyclic amines) is 1. The lowest BCUT2D eigenvalue weighted by atomic mass is 10.1. The van der Waals surface area contributed by atoms with Crippen LogP contribution in [0.4, 0.5) is 17.3 Å². The molecule has 1 aromatic carbocycles. The summed E-state index contributed by atoms with van der Waals surface area (Å²) in [4.78, 5) is 36.3. The van der Waals surface area contributed by atoms with Gasteiger partial charge in [-0.15, -0.1) is 0 Å². The Morgan fingerprint density at radius 1 is 1.19 bits per heavy atom. The van der Waals surface area contributed by atoms with Crippen molar-refractivity contribution in [3.63, 3.8) is 0 Å². The third kappa shape index (κ3) is 7.03. The number of rotatable bonds is 13. The maximum absolute atomic E-state index is 12.7. The Kier molecular flexibility index (Phi) is 9.80. The first kappa shape index (κ1) is 27.1. The Balaban J connectivity index is 1.95. The molecule has 11 heteroatoms. The number of hydrogen-bond donors (Lipinski definition) is 1. The largest absolute Gasteiger partial charge is 0.464 e. The first-order valence-corrected chi connectivity index (χ1v) is 12.5. The van der Waals surface area contributed by atoms with E-state index in [1.807, 2.05) is 31.2 Å². The van der Waals surface area contributed by atoms with E-state index in [2.05, 4.69) is 14.9 Å². The minimum absolute atomic E-state index is 0.0661. The Bertz CT molecular complexity index is 1030. The zero-order valence-electron chi connectivity index (χ0n) is 21.3. The number of nitrogens with zero attached hydrogens (tertiary/aromatic N) is 5. The third-order valence-corrected chi connectivity index (χ3v) is 6.13. The fourth-order valence-electron chi connectivity index (χ4n) is 4.12. The van der Waals surface area contributed by atoms with Crippen molar-refractivity contribution < 1.29 is 19.2 Å². The molecular weight excluding hydrogens is 464 g/mol. The summed E-state index contributed by atoms with van der Waals surface area (Å²) in [6.07, 6.45) is 4.12. The van der Waals surface area contributed by atoms with Crippen molar-refractivity contribution in [3.05, 3.63) is 45.5 Å². The van der Waals surface area contributed by atoms with E-state index < -0.39 is 22.6 Å². The van der Waals surface area contributed by atoms with E-state index >= 15 is 0 Å². The van der Waals surface area contributed by atoms with Crippen LogP contribution in [0.5, 0.6) is 6.01 Å². The van der Waals surface area contributed by atoms with Crippen molar-refractivity contribution in [3.8, 4) is 6.01 Å². The molecule has 0 radical (unpaired) electrons. The highest BCUT2D eigenvalue weighted by Crippen LogP contribution is 2.35. The van der Waals surface area contributed by atoms with Gasteiger partial charge < -0.3 is 20.1 Å². The van der Waals surface area contributed by atoms with Gasteiger partial charge in [-0.1, -0.05) is 37.6 Å². The number of esters is 1. The predicted octanol–water partition coefficient (Wildman–Crippen LogP) is 3.70. The van der Waals surface area contributed by atoms with Gasteiger partial charge in [-0.3, -0.25) is 15.0 Å². The van der Waals surface area contributed by atoms with Gasteiger partial charge >= 0.3 is 17.7 Å². The number of nitro groups is 1. The molecule has 1 fully saturated rings. The molecule has 1 aromatic heterocycles. The molecule has 2 heterocycles. The third-order valence-electron chi connectivity index (χ3n) is 6.13. The number of nitrogens with two attached hydrogens (primary N) is 1. The van der Waals surface area contributed by atoms with Crippen molar-refractivity contribution >= 4 is 23.3 Å². The molecule has 0 amide bonds. The molecule has 1 aliphatic heterocycles. The van der Waals surface area contributed by atoms with E-state index in [9.17, 15) is 14.9 Å². The summed E-state index contributed by atoms with van der Waals surface area (Å²) in [5, 5.41) is 12.0. The molecule has 0 bridgehead atoms. The quantitative estimate of drug-likeness (QED) is 0.187. The summed E-state index contributed by atoms with van der Waals surface area (Å²) < 4.78 is 10.8. The van der Waals surface area contributed by atoms with Gasteiger partial charge in [0.1, 0.15) is 6.04 Å². The van der Waals surface area contributed by atoms with E-state index in [0.717, 1.165) is 38.0 Å². The van der Waals surface area contributed by atoms with Gasteiger partial charge in [-0.2, -0.15) is 9.97 Å². The van der Waals surface area contributed by atoms with Crippen LogP contribution < -0.4 is 15.4 Å². The normalized spacial score (nSPS) is 14.4. The molecule has 1 saturated heterocycles. The summed E-state index contributed by atoms with van der Waals surface area (Å²) in [6, 6.07) is 7.08. The molecule has 1 aliphatic rings. The highest BCUT2D eigenvalue weighted by molar-refractivity contribution is 5.82. The highest BCUT2D eigenvalue weighted by Gasteiger charge is 2.33. The molecule has 0 spiro atoms. The second kappa shape index (κ2) is 13.0. The summed E-state index contributed by atoms with van der Waals surface area (Å²) >= 11 is 0. The monoisotopic (exact) mass is 500 g/mol. The molecule has 2 N–H and O–H groups in total. The molecule has 2 aromatic rings. The van der Waals surface area contributed by atoms with Crippen LogP contribution in [-0.4, -0.2) is 58.1 Å². The molecule has 196 valence electrons. The Morgan fingerprint density at radius 2 is 1.86 bits per heavy atom. The predicted molar refractivity (Wildman–Crippen MR) is 137 cm³/mol. The van der Waals surface area contributed by atoms with E-state index in [-0.39, 0.29) is 30.8 Å². The van der Waals surface area contributed by atoms with Crippen molar-refractivity contribution in [2.24, 2.45) is 0 Å². The molecule has 36 heavy (non-hydrogen) atoms. The van der Waals surface area contributed by atoms with E-state index in [1.165, 1.54) is 23.3 Å². The molecule has 0 saturated carbocycles. The van der Waals surface area contributed by atoms with Gasteiger partial charge in [0.2, 0.25) is 11.6 Å². The van der Waals surface area contributed by atoms with Crippen LogP contribution >= 0.6 is 0 Å². The number of carbonyl (C=O) groups is 1. The first-order valence-electron chi connectivity index (χ1n) is 12.5. The van der Waals surface area contributed by atoms with Gasteiger partial charge in [0.25, 0.3) is 0 Å². The van der Waals surface area contributed by atoms with Crippen LogP contribution in [0, 0.1) is 10.1 Å². The fourth-order valence-corrected chi connectivity index (χ4v) is 4.12. The van der Waals surface area contributed by atoms with Crippen LogP contribution in [0.15, 0.2) is 24.3 Å². The SMILES string of the molecule is CCCCOc1nc(N)c([N+](=O)[O-])c(N(Cc2ccc(CN3CCCC3)cc2)C(C)C(=O)OCC)n1. The van der Waals surface area contributed by atoms with Gasteiger partial charge in [0, 0.05) is 13.1 Å². The number of anilines is 2. The van der Waals surface area contributed by atoms with Crippen molar-refractivity contribution in [1.29, 1.82) is 0 Å². The standard InChI is InChI=1S/C25H36N6O5/c1-4-6-15-36-25-27-22(26)21(31(33)34)23(28-25)30(18(3)24(32)35-5-2)17-20-11-9-19(10-12-20)16-29-13-7-8-14-29/h9-12,18H,4-8,13-17H2,1-3H3,(H2,26,27,28). The number of nitrogen functional groups attached to an aromatic ring is 1. The Hall–Kier alpha value is -3.47. The summed E-state index contributed by atoms with van der Waals surface area (Å²) in [5.41, 5.74) is 7.55. The van der Waals surface area contributed by atoms with Crippen LogP contribution in [0.1, 0.15) is 57.6 Å². The van der Waals surface area contributed by atoms with Gasteiger partial charge in [0.15, 0.2) is 0 Å². The van der Waals surface area contributed by atoms with Crippen LogP contribution in [0.2, 0.25) is 0 Å². The highest BCUT2D eigenvalue weighted by atomic mass is 16.6. The number of aromatic nitrogens is 2. The smallest absolute Gasteiger partial charge is 0.353 e. The Labute approximate surface area is 211 Å². The zero-order valence-corrected chi connectivity index (χ0v) is 21.3. The van der Waals surface area contributed by atoms with E-state index in [0.29, 0.717) is 6.61 Å². The fraction of sp³-hybridized carbons (Fsp3) is 0.560. The Morgan fingerprint density at radius 3 is 2.47 bits per heavy atom. The van der Waals surface area contributed by atoms with E-state index in [1.54, 1.807) is 13.8 Å². The second-order valence-electron chi connectivity index (χ2n) is 8.88. The van der Waals surface area contributed by atoms with Gasteiger partial charge in [-0.25, -0.2) is 4.79 Å². The lowest BCUT2D eigenvalue weighted by Gasteiger charge is -2.29. The minimum atomic E-state index is -0.870. The van der Waals surface area contributed by atoms with Crippen LogP contribution in [-0.2, 0) is 22.6 Å². The summed E-state index contributed by atoms with van der Waals surface area (Å²) in [6.45, 7) is 9.14. The second-order valence-corrected chi connectivity index (χ2v) is 8.88. The van der Waals surface area contributed by atoms with Crippen LogP contribution in [0.25, 0.3) is 0 Å². The molecule has 11 nitrogen and oxygen atoms in total. The summed E-state index contributed by atoms with van der Waals surface area (Å²) in [5.74, 6) is -0.928. The minimum Gasteiger partial charge on any atom is -0.464 e. The average Bonchev–Trinajstić information content (AvgIpc) is 3.36. The molecular formula is C25H36N6O5. The van der Waals surface area contributed by atoms with Crippen molar-refractivity contribution in [1.82, 2.24) is 14.9 Å². The number of carbonyl (C=O) groups excluding carboxylic acids is 1. The maximum atomic E-state index is 12.7. The molecule has 1 unspecified atom stereocenters. The van der Waals surface area contributed by atoms with Crippen molar-refractivity contribution in [2.45, 2.75) is 65.6 Å². The lowest BCUT2D eigenvalue weighted by molar-refractivity contribution is -0.383. The first-order chi connectivity index (χ1) is 17.3. The number of ether oxygens (including phenoxy) is 2. The topological polar surface area (TPSA) is 137 Å². The lowest BCUT2D eigenvalue weighted by Crippen LogP contribution is -2.41. The molecule has 3 rings (SSSR count). The number of hydrogen-bond acceptors (Lipinski definition) is 10. The van der Waals surface area contributed by atoms with Crippen molar-refractivity contribution in [2.75, 3.05) is 36.9 Å². The zero-order chi connectivity index (χ0) is 26.1. The number of unbranched alkanes of at least 4 members (excludes halogenated alkanes) is 1. The van der Waals surface area contributed by atoms with Gasteiger partial charge in [-0.05, 0) is 57.3 Å². The maximum Gasteiger partial charge on any atom is 0.353 e. The van der Waals surface area contributed by atoms with Crippen LogP contribution in [0.3, 0.4) is 0 Å². The average molecular weight is 501 g/mol. The van der Waals surface area contributed by atoms with Gasteiger partial charge in [0.05, 0.1) is 18.1 Å². The van der Waals surface area contributed by atoms with E-state index in [4.69, 9.17) is 15.2 Å². The number of benzene rings is 1. The molecule has 0 aliphatic carbocycles. The molecule has 1 atom stereocenters. The summed E-state index contributed by atoms with van der Waals surface area (Å²) in [7, 11) is 0.